The van der Waals surface area contributed by atoms with E-state index >= 15 is 0 Å². The molecule has 24 heavy (non-hydrogen) atoms. The van der Waals surface area contributed by atoms with Crippen LogP contribution < -0.4 is 0 Å². The molecule has 0 bridgehead atoms. The van der Waals surface area contributed by atoms with Crippen molar-refractivity contribution in [3.8, 4) is 0 Å². The number of hydrogen-bond acceptors (Lipinski definition) is 3. The number of ketones is 2. The third-order valence-corrected chi connectivity index (χ3v) is 4.94. The molecule has 0 unspecified atom stereocenters. The van der Waals surface area contributed by atoms with E-state index in [1.807, 2.05) is 78.2 Å². The van der Waals surface area contributed by atoms with E-state index in [0.717, 1.165) is 10.4 Å². The van der Waals surface area contributed by atoms with Gasteiger partial charge in [-0.1, -0.05) is 66.7 Å². The van der Waals surface area contributed by atoms with Crippen molar-refractivity contribution >= 4 is 22.9 Å². The van der Waals surface area contributed by atoms with E-state index in [-0.39, 0.29) is 17.5 Å². The van der Waals surface area contributed by atoms with Crippen molar-refractivity contribution in [1.82, 2.24) is 0 Å². The van der Waals surface area contributed by atoms with Crippen molar-refractivity contribution in [2.75, 3.05) is 0 Å². The monoisotopic (exact) mass is 334 g/mol. The van der Waals surface area contributed by atoms with Crippen LogP contribution >= 0.6 is 11.3 Å². The molecule has 0 aliphatic rings. The molecule has 0 saturated carbocycles. The lowest BCUT2D eigenvalue weighted by atomic mass is 9.87. The van der Waals surface area contributed by atoms with Crippen LogP contribution in [0.4, 0.5) is 0 Å². The van der Waals surface area contributed by atoms with Crippen molar-refractivity contribution in [2.24, 2.45) is 0 Å². The standard InChI is InChI=1S/C21H18O2S/c22-19(17-10-5-2-6-11-17)14-18(16-8-3-1-4-9-16)15-20(23)21-12-7-13-24-21/h1-13,18H,14-15H2/t18-/m1/s1. The Hall–Kier alpha value is -2.52. The Morgan fingerprint density at radius 2 is 1.38 bits per heavy atom. The third kappa shape index (κ3) is 4.06. The number of thiophene rings is 1. The zero-order valence-corrected chi connectivity index (χ0v) is 14.0. The molecule has 0 saturated heterocycles. The first-order valence-corrected chi connectivity index (χ1v) is 8.82. The molecule has 0 aliphatic heterocycles. The number of carbonyl (C=O) groups excluding carboxylic acids is 2. The van der Waals surface area contributed by atoms with Gasteiger partial charge in [-0.25, -0.2) is 0 Å². The maximum Gasteiger partial charge on any atom is 0.173 e. The van der Waals surface area contributed by atoms with Crippen molar-refractivity contribution < 1.29 is 9.59 Å². The summed E-state index contributed by atoms with van der Waals surface area (Å²) in [5, 5.41) is 1.90. The van der Waals surface area contributed by atoms with Gasteiger partial charge in [0, 0.05) is 18.4 Å². The normalized spacial score (nSPS) is 11.8. The molecule has 0 aliphatic carbocycles. The minimum Gasteiger partial charge on any atom is -0.294 e. The summed E-state index contributed by atoms with van der Waals surface area (Å²) in [6.45, 7) is 0. The van der Waals surface area contributed by atoms with Crippen LogP contribution in [-0.2, 0) is 0 Å². The van der Waals surface area contributed by atoms with Crippen LogP contribution in [0.2, 0.25) is 0 Å². The molecule has 1 atom stereocenters. The fraction of sp³-hybridized carbons (Fsp3) is 0.143. The molecule has 3 rings (SSSR count). The highest BCUT2D eigenvalue weighted by Crippen LogP contribution is 2.28. The SMILES string of the molecule is O=C(C[C@H](CC(=O)c1cccs1)c1ccccc1)c1ccccc1. The first-order valence-electron chi connectivity index (χ1n) is 7.94. The van der Waals surface area contributed by atoms with Gasteiger partial charge in [-0.2, -0.15) is 0 Å². The van der Waals surface area contributed by atoms with E-state index in [0.29, 0.717) is 18.4 Å². The predicted molar refractivity (Wildman–Crippen MR) is 97.8 cm³/mol. The zero-order chi connectivity index (χ0) is 16.8. The van der Waals surface area contributed by atoms with Gasteiger partial charge < -0.3 is 0 Å². The molecule has 1 heterocycles. The molecule has 1 aromatic heterocycles. The number of hydrogen-bond donors (Lipinski definition) is 0. The Balaban J connectivity index is 1.80. The van der Waals surface area contributed by atoms with Gasteiger partial charge in [0.15, 0.2) is 11.6 Å². The molecule has 120 valence electrons. The summed E-state index contributed by atoms with van der Waals surface area (Å²) in [5.41, 5.74) is 1.73. The number of carbonyl (C=O) groups is 2. The Morgan fingerprint density at radius 1 is 0.750 bits per heavy atom. The first-order chi connectivity index (χ1) is 11.7. The van der Waals surface area contributed by atoms with E-state index < -0.39 is 0 Å². The van der Waals surface area contributed by atoms with Gasteiger partial charge in [-0.15, -0.1) is 11.3 Å². The van der Waals surface area contributed by atoms with Crippen molar-refractivity contribution in [1.29, 1.82) is 0 Å². The van der Waals surface area contributed by atoms with Crippen LogP contribution in [0.15, 0.2) is 78.2 Å². The van der Waals surface area contributed by atoms with Crippen LogP contribution in [0.1, 0.15) is 44.4 Å². The van der Waals surface area contributed by atoms with E-state index in [1.54, 1.807) is 0 Å². The van der Waals surface area contributed by atoms with Crippen LogP contribution in [0, 0.1) is 0 Å². The highest BCUT2D eigenvalue weighted by molar-refractivity contribution is 7.12. The predicted octanol–water partition coefficient (Wildman–Crippen LogP) is 5.38. The van der Waals surface area contributed by atoms with E-state index in [2.05, 4.69) is 0 Å². The summed E-state index contributed by atoms with van der Waals surface area (Å²) in [7, 11) is 0. The van der Waals surface area contributed by atoms with Crippen molar-refractivity contribution in [3.63, 3.8) is 0 Å². The quantitative estimate of drug-likeness (QED) is 0.544. The summed E-state index contributed by atoms with van der Waals surface area (Å²) in [6.07, 6.45) is 0.689. The fourth-order valence-corrected chi connectivity index (χ4v) is 3.44. The van der Waals surface area contributed by atoms with E-state index in [9.17, 15) is 9.59 Å². The Kier molecular flexibility index (Phi) is 5.34. The lowest BCUT2D eigenvalue weighted by molar-refractivity contribution is 0.0946. The smallest absolute Gasteiger partial charge is 0.173 e. The Labute approximate surface area is 145 Å². The average Bonchev–Trinajstić information content (AvgIpc) is 3.17. The van der Waals surface area contributed by atoms with E-state index in [1.165, 1.54) is 11.3 Å². The van der Waals surface area contributed by atoms with Gasteiger partial charge in [-0.05, 0) is 22.9 Å². The fourth-order valence-electron chi connectivity index (χ4n) is 2.76. The molecule has 0 amide bonds. The van der Waals surface area contributed by atoms with Gasteiger partial charge in [0.25, 0.3) is 0 Å². The van der Waals surface area contributed by atoms with Gasteiger partial charge >= 0.3 is 0 Å². The molecule has 2 nitrogen and oxygen atoms in total. The van der Waals surface area contributed by atoms with Gasteiger partial charge in [-0.3, -0.25) is 9.59 Å². The molecular weight excluding hydrogens is 316 g/mol. The topological polar surface area (TPSA) is 34.1 Å². The van der Waals surface area contributed by atoms with Crippen molar-refractivity contribution in [2.45, 2.75) is 18.8 Å². The molecule has 3 aromatic rings. The summed E-state index contributed by atoms with van der Waals surface area (Å²) < 4.78 is 0. The van der Waals surface area contributed by atoms with Gasteiger partial charge in [0.2, 0.25) is 0 Å². The maximum atomic E-state index is 12.6. The van der Waals surface area contributed by atoms with Gasteiger partial charge in [0.1, 0.15) is 0 Å². The summed E-state index contributed by atoms with van der Waals surface area (Å²) in [4.78, 5) is 25.8. The second-order valence-electron chi connectivity index (χ2n) is 5.71. The van der Waals surface area contributed by atoms with Crippen LogP contribution in [0.5, 0.6) is 0 Å². The summed E-state index contributed by atoms with van der Waals surface area (Å²) in [5.74, 6) is 0.0663. The Bertz CT molecular complexity index is 792. The first kappa shape index (κ1) is 16.3. The highest BCUT2D eigenvalue weighted by Gasteiger charge is 2.21. The number of Topliss-reactive ketones (excluding diaryl/α,β-unsaturated/α-hetero) is 2. The number of rotatable bonds is 7. The maximum absolute atomic E-state index is 12.6. The molecule has 0 fully saturated rings. The average molecular weight is 334 g/mol. The summed E-state index contributed by atoms with van der Waals surface area (Å²) >= 11 is 1.45. The molecule has 0 N–H and O–H groups in total. The minimum absolute atomic E-state index is 0.0726. The van der Waals surface area contributed by atoms with Gasteiger partial charge in [0.05, 0.1) is 4.88 Å². The second kappa shape index (κ2) is 7.84. The second-order valence-corrected chi connectivity index (χ2v) is 6.65. The van der Waals surface area contributed by atoms with Crippen molar-refractivity contribution in [3.05, 3.63) is 94.2 Å². The number of benzene rings is 2. The molecule has 2 aromatic carbocycles. The molecular formula is C21H18O2S. The summed E-state index contributed by atoms with van der Waals surface area (Å²) in [6, 6.07) is 22.8. The third-order valence-electron chi connectivity index (χ3n) is 4.03. The largest absolute Gasteiger partial charge is 0.294 e. The highest BCUT2D eigenvalue weighted by atomic mass is 32.1. The lowest BCUT2D eigenvalue weighted by Crippen LogP contribution is -2.12. The zero-order valence-electron chi connectivity index (χ0n) is 13.2. The molecule has 3 heteroatoms. The van der Waals surface area contributed by atoms with Crippen LogP contribution in [0.3, 0.4) is 0 Å². The Morgan fingerprint density at radius 3 is 2.00 bits per heavy atom. The van der Waals surface area contributed by atoms with Crippen LogP contribution in [-0.4, -0.2) is 11.6 Å². The molecule has 0 radical (unpaired) electrons. The lowest BCUT2D eigenvalue weighted by Gasteiger charge is -2.16. The van der Waals surface area contributed by atoms with E-state index in [4.69, 9.17) is 0 Å². The minimum atomic E-state index is -0.103. The molecule has 0 spiro atoms. The van der Waals surface area contributed by atoms with Crippen LogP contribution in [0.25, 0.3) is 0 Å².